The molecule has 2 aromatic rings. The summed E-state index contributed by atoms with van der Waals surface area (Å²) in [4.78, 5) is 11.2. The van der Waals surface area contributed by atoms with Crippen molar-refractivity contribution in [1.29, 1.82) is 0 Å². The van der Waals surface area contributed by atoms with Gasteiger partial charge in [0.2, 0.25) is 0 Å². The highest BCUT2D eigenvalue weighted by Gasteiger charge is 2.06. The average molecular weight is 229 g/mol. The van der Waals surface area contributed by atoms with Gasteiger partial charge in [0, 0.05) is 16.8 Å². The molecule has 2 N–H and O–H groups in total. The van der Waals surface area contributed by atoms with Gasteiger partial charge in [0.05, 0.1) is 0 Å². The molecule has 0 unspecified atom stereocenters. The first kappa shape index (κ1) is 11.3. The molecule has 0 amide bonds. The Morgan fingerprint density at radius 1 is 1.12 bits per heavy atom. The summed E-state index contributed by atoms with van der Waals surface area (Å²) in [6.07, 6.45) is 0. The third kappa shape index (κ3) is 2.33. The van der Waals surface area contributed by atoms with Crippen molar-refractivity contribution >= 4 is 11.5 Å². The highest BCUT2D eigenvalue weighted by atomic mass is 19.1. The molecule has 0 radical (unpaired) electrons. The van der Waals surface area contributed by atoms with Crippen LogP contribution in [0.2, 0.25) is 0 Å². The second-order valence-corrected chi connectivity index (χ2v) is 3.87. The Morgan fingerprint density at radius 2 is 1.76 bits per heavy atom. The summed E-state index contributed by atoms with van der Waals surface area (Å²) in [5.41, 5.74) is 8.61. The summed E-state index contributed by atoms with van der Waals surface area (Å²) in [6, 6.07) is 11.2. The minimum Gasteiger partial charge on any atom is -0.398 e. The van der Waals surface area contributed by atoms with Crippen molar-refractivity contribution < 1.29 is 9.18 Å². The van der Waals surface area contributed by atoms with Gasteiger partial charge in [0.1, 0.15) is 5.82 Å². The van der Waals surface area contributed by atoms with Crippen molar-refractivity contribution in [3.8, 4) is 11.1 Å². The SMILES string of the molecule is CC(=O)c1ccc(-c2ccc(F)cc2)c(N)c1. The molecule has 0 aromatic heterocycles. The zero-order valence-corrected chi connectivity index (χ0v) is 9.41. The number of ketones is 1. The second-order valence-electron chi connectivity index (χ2n) is 3.87. The molecule has 0 spiro atoms. The first-order valence-electron chi connectivity index (χ1n) is 5.24. The van der Waals surface area contributed by atoms with Crippen LogP contribution in [-0.2, 0) is 0 Å². The largest absolute Gasteiger partial charge is 0.398 e. The zero-order chi connectivity index (χ0) is 12.4. The van der Waals surface area contributed by atoms with Gasteiger partial charge in [0.15, 0.2) is 5.78 Å². The summed E-state index contributed by atoms with van der Waals surface area (Å²) in [5, 5.41) is 0. The first-order chi connectivity index (χ1) is 8.08. The monoisotopic (exact) mass is 229 g/mol. The maximum atomic E-state index is 12.8. The molecule has 3 heteroatoms. The first-order valence-corrected chi connectivity index (χ1v) is 5.24. The standard InChI is InChI=1S/C14H12FNO/c1-9(17)11-4-7-13(14(16)8-11)10-2-5-12(15)6-3-10/h2-8H,16H2,1H3. The maximum Gasteiger partial charge on any atom is 0.159 e. The molecule has 0 fully saturated rings. The summed E-state index contributed by atoms with van der Waals surface area (Å²) in [6.45, 7) is 1.49. The number of carbonyl (C=O) groups excluding carboxylic acids is 1. The van der Waals surface area contributed by atoms with E-state index >= 15 is 0 Å². The maximum absolute atomic E-state index is 12.8. The fourth-order valence-corrected chi connectivity index (χ4v) is 1.67. The van der Waals surface area contributed by atoms with Gasteiger partial charge in [-0.3, -0.25) is 4.79 Å². The Hall–Kier alpha value is -2.16. The zero-order valence-electron chi connectivity index (χ0n) is 9.41. The van der Waals surface area contributed by atoms with Gasteiger partial charge in [0.25, 0.3) is 0 Å². The predicted molar refractivity (Wildman–Crippen MR) is 66.3 cm³/mol. The van der Waals surface area contributed by atoms with Gasteiger partial charge in [-0.15, -0.1) is 0 Å². The van der Waals surface area contributed by atoms with Crippen LogP contribution >= 0.6 is 0 Å². The molecular weight excluding hydrogens is 217 g/mol. The molecule has 0 atom stereocenters. The third-order valence-electron chi connectivity index (χ3n) is 2.61. The van der Waals surface area contributed by atoms with E-state index in [1.807, 2.05) is 0 Å². The highest BCUT2D eigenvalue weighted by Crippen LogP contribution is 2.27. The topological polar surface area (TPSA) is 43.1 Å². The fraction of sp³-hybridized carbons (Fsp3) is 0.0714. The average Bonchev–Trinajstić information content (AvgIpc) is 2.30. The van der Waals surface area contributed by atoms with Crippen LogP contribution in [0.4, 0.5) is 10.1 Å². The Balaban J connectivity index is 2.46. The molecule has 0 heterocycles. The van der Waals surface area contributed by atoms with Crippen molar-refractivity contribution in [2.45, 2.75) is 6.92 Å². The number of nitrogen functional groups attached to an aromatic ring is 1. The van der Waals surface area contributed by atoms with Crippen LogP contribution in [-0.4, -0.2) is 5.78 Å². The number of rotatable bonds is 2. The molecular formula is C14H12FNO. The minimum absolute atomic E-state index is 0.0256. The lowest BCUT2D eigenvalue weighted by atomic mass is 10.0. The van der Waals surface area contributed by atoms with Crippen LogP contribution in [0.3, 0.4) is 0 Å². The molecule has 86 valence electrons. The molecule has 0 aliphatic heterocycles. The van der Waals surface area contributed by atoms with E-state index in [9.17, 15) is 9.18 Å². The molecule has 2 nitrogen and oxygen atoms in total. The summed E-state index contributed by atoms with van der Waals surface area (Å²) in [5.74, 6) is -0.310. The van der Waals surface area contributed by atoms with E-state index in [1.54, 1.807) is 30.3 Å². The molecule has 0 aliphatic carbocycles. The Bertz CT molecular complexity index is 561. The molecule has 2 rings (SSSR count). The number of anilines is 1. The summed E-state index contributed by atoms with van der Waals surface area (Å²) >= 11 is 0. The molecule has 2 aromatic carbocycles. The van der Waals surface area contributed by atoms with E-state index in [0.29, 0.717) is 11.3 Å². The number of carbonyl (C=O) groups is 1. The third-order valence-corrected chi connectivity index (χ3v) is 2.61. The van der Waals surface area contributed by atoms with Crippen molar-refractivity contribution in [3.63, 3.8) is 0 Å². The van der Waals surface area contributed by atoms with E-state index in [4.69, 9.17) is 5.73 Å². The van der Waals surface area contributed by atoms with E-state index in [-0.39, 0.29) is 11.6 Å². The lowest BCUT2D eigenvalue weighted by Crippen LogP contribution is -1.96. The van der Waals surface area contributed by atoms with E-state index in [1.165, 1.54) is 19.1 Å². The number of halogens is 1. The van der Waals surface area contributed by atoms with Crippen LogP contribution < -0.4 is 5.73 Å². The number of benzene rings is 2. The normalized spacial score (nSPS) is 10.2. The number of Topliss-reactive ketones (excluding diaryl/α,β-unsaturated/α-hetero) is 1. The van der Waals surface area contributed by atoms with Crippen LogP contribution in [0.15, 0.2) is 42.5 Å². The van der Waals surface area contributed by atoms with Crippen LogP contribution in [0.25, 0.3) is 11.1 Å². The van der Waals surface area contributed by atoms with Gasteiger partial charge >= 0.3 is 0 Å². The second kappa shape index (κ2) is 4.37. The molecule has 0 saturated heterocycles. The molecule has 17 heavy (non-hydrogen) atoms. The molecule has 0 bridgehead atoms. The Kier molecular flexibility index (Phi) is 2.91. The van der Waals surface area contributed by atoms with Gasteiger partial charge < -0.3 is 5.73 Å². The van der Waals surface area contributed by atoms with Crippen molar-refractivity contribution in [2.75, 3.05) is 5.73 Å². The summed E-state index contributed by atoms with van der Waals surface area (Å²) in [7, 11) is 0. The molecule has 0 saturated carbocycles. The minimum atomic E-state index is -0.285. The number of hydrogen-bond acceptors (Lipinski definition) is 2. The lowest BCUT2D eigenvalue weighted by Gasteiger charge is -2.07. The van der Waals surface area contributed by atoms with Gasteiger partial charge in [-0.05, 0) is 30.7 Å². The van der Waals surface area contributed by atoms with E-state index in [2.05, 4.69) is 0 Å². The number of hydrogen-bond donors (Lipinski definition) is 1. The van der Waals surface area contributed by atoms with Crippen LogP contribution in [0, 0.1) is 5.82 Å². The number of nitrogens with two attached hydrogens (primary N) is 1. The van der Waals surface area contributed by atoms with Crippen LogP contribution in [0.5, 0.6) is 0 Å². The van der Waals surface area contributed by atoms with Gasteiger partial charge in [-0.1, -0.05) is 24.3 Å². The van der Waals surface area contributed by atoms with E-state index < -0.39 is 0 Å². The van der Waals surface area contributed by atoms with Crippen molar-refractivity contribution in [1.82, 2.24) is 0 Å². The van der Waals surface area contributed by atoms with Gasteiger partial charge in [-0.25, -0.2) is 4.39 Å². The fourth-order valence-electron chi connectivity index (χ4n) is 1.67. The molecule has 0 aliphatic rings. The quantitative estimate of drug-likeness (QED) is 0.634. The van der Waals surface area contributed by atoms with E-state index in [0.717, 1.165) is 11.1 Å². The summed E-state index contributed by atoms with van der Waals surface area (Å²) < 4.78 is 12.8. The van der Waals surface area contributed by atoms with Crippen LogP contribution in [0.1, 0.15) is 17.3 Å². The smallest absolute Gasteiger partial charge is 0.159 e. The Labute approximate surface area is 98.9 Å². The highest BCUT2D eigenvalue weighted by molar-refractivity contribution is 5.96. The Morgan fingerprint density at radius 3 is 2.29 bits per heavy atom. The van der Waals surface area contributed by atoms with Crippen molar-refractivity contribution in [2.24, 2.45) is 0 Å². The predicted octanol–water partition coefficient (Wildman–Crippen LogP) is 3.28. The van der Waals surface area contributed by atoms with Gasteiger partial charge in [-0.2, -0.15) is 0 Å². The van der Waals surface area contributed by atoms with Crippen molar-refractivity contribution in [3.05, 3.63) is 53.8 Å². The lowest BCUT2D eigenvalue weighted by molar-refractivity contribution is 0.101.